The van der Waals surface area contributed by atoms with Crippen LogP contribution in [0.25, 0.3) is 5.65 Å². The molecule has 142 valence electrons. The average molecular weight is 385 g/mol. The van der Waals surface area contributed by atoms with Crippen LogP contribution in [0.15, 0.2) is 24.4 Å². The minimum absolute atomic E-state index is 0.00709. The van der Waals surface area contributed by atoms with E-state index in [1.807, 2.05) is 36.2 Å². The highest BCUT2D eigenvalue weighted by molar-refractivity contribution is 7.11. The van der Waals surface area contributed by atoms with Crippen LogP contribution in [0.5, 0.6) is 0 Å². The summed E-state index contributed by atoms with van der Waals surface area (Å²) in [4.78, 5) is 20.1. The largest absolute Gasteiger partial charge is 0.333 e. The molecule has 3 aromatic heterocycles. The molecular weight excluding hydrogens is 360 g/mol. The van der Waals surface area contributed by atoms with Crippen LogP contribution in [-0.4, -0.2) is 43.6 Å². The van der Waals surface area contributed by atoms with Crippen molar-refractivity contribution in [2.45, 2.75) is 45.6 Å². The van der Waals surface area contributed by atoms with Gasteiger partial charge in [0.1, 0.15) is 5.82 Å². The third-order valence-corrected chi connectivity index (χ3v) is 6.12. The molecule has 1 aliphatic heterocycles. The molecule has 0 aliphatic carbocycles. The Labute approximate surface area is 162 Å². The van der Waals surface area contributed by atoms with Crippen molar-refractivity contribution < 1.29 is 4.79 Å². The van der Waals surface area contributed by atoms with Crippen molar-refractivity contribution in [3.05, 3.63) is 45.8 Å². The molecule has 0 radical (unpaired) electrons. The Kier molecular flexibility index (Phi) is 5.07. The molecule has 0 atom stereocenters. The highest BCUT2D eigenvalue weighted by Gasteiger charge is 2.26. The van der Waals surface area contributed by atoms with E-state index in [2.05, 4.69) is 31.8 Å². The highest BCUT2D eigenvalue weighted by atomic mass is 32.1. The first-order valence-corrected chi connectivity index (χ1v) is 10.2. The lowest BCUT2D eigenvalue weighted by atomic mass is 9.96. The molecule has 3 aromatic rings. The molecule has 0 bridgehead atoms. The van der Waals surface area contributed by atoms with Gasteiger partial charge in [0.2, 0.25) is 0 Å². The number of piperidine rings is 1. The predicted octanol–water partition coefficient (Wildman–Crippen LogP) is 3.15. The maximum atomic E-state index is 12.5. The molecule has 0 saturated carbocycles. The van der Waals surface area contributed by atoms with Crippen LogP contribution in [0.2, 0.25) is 0 Å². The van der Waals surface area contributed by atoms with Crippen LogP contribution in [0.1, 0.15) is 47.1 Å². The van der Waals surface area contributed by atoms with Gasteiger partial charge in [0.25, 0.3) is 0 Å². The highest BCUT2D eigenvalue weighted by Crippen LogP contribution is 2.27. The molecule has 8 heteroatoms. The van der Waals surface area contributed by atoms with Gasteiger partial charge >= 0.3 is 6.03 Å². The fourth-order valence-corrected chi connectivity index (χ4v) is 4.64. The number of hydrogen-bond acceptors (Lipinski definition) is 5. The van der Waals surface area contributed by atoms with Crippen LogP contribution < -0.4 is 5.32 Å². The summed E-state index contributed by atoms with van der Waals surface area (Å²) in [6.45, 7) is 6.14. The Balaban J connectivity index is 1.34. The van der Waals surface area contributed by atoms with Gasteiger partial charge in [-0.3, -0.25) is 4.40 Å². The maximum Gasteiger partial charge on any atom is 0.317 e. The topological polar surface area (TPSA) is 75.4 Å². The SMILES string of the molecule is CCc1nc(C)sc1CNC(=O)N1CCC(c2nnc3ccccn23)CC1. The number of carbonyl (C=O) groups excluding carboxylic acids is 1. The van der Waals surface area contributed by atoms with E-state index in [1.165, 1.54) is 0 Å². The number of pyridine rings is 1. The maximum absolute atomic E-state index is 12.5. The molecule has 27 heavy (non-hydrogen) atoms. The Morgan fingerprint density at radius 3 is 2.89 bits per heavy atom. The van der Waals surface area contributed by atoms with E-state index in [1.54, 1.807) is 11.3 Å². The Bertz CT molecular complexity index is 941. The van der Waals surface area contributed by atoms with Crippen molar-refractivity contribution in [3.63, 3.8) is 0 Å². The van der Waals surface area contributed by atoms with Gasteiger partial charge in [-0.25, -0.2) is 9.78 Å². The van der Waals surface area contributed by atoms with Crippen LogP contribution in [0.3, 0.4) is 0 Å². The molecule has 4 heterocycles. The summed E-state index contributed by atoms with van der Waals surface area (Å²) in [7, 11) is 0. The van der Waals surface area contributed by atoms with Gasteiger partial charge in [-0.05, 0) is 38.3 Å². The zero-order chi connectivity index (χ0) is 18.8. The fraction of sp³-hybridized carbons (Fsp3) is 0.474. The number of nitrogens with one attached hydrogen (secondary N) is 1. The van der Waals surface area contributed by atoms with E-state index in [4.69, 9.17) is 0 Å². The second-order valence-corrected chi connectivity index (χ2v) is 8.15. The zero-order valence-corrected chi connectivity index (χ0v) is 16.5. The number of fused-ring (bicyclic) bond motifs is 1. The lowest BCUT2D eigenvalue weighted by Crippen LogP contribution is -2.44. The van der Waals surface area contributed by atoms with E-state index in [9.17, 15) is 4.79 Å². The summed E-state index contributed by atoms with van der Waals surface area (Å²) in [5, 5.41) is 12.7. The zero-order valence-electron chi connectivity index (χ0n) is 15.7. The van der Waals surface area contributed by atoms with E-state index in [-0.39, 0.29) is 6.03 Å². The summed E-state index contributed by atoms with van der Waals surface area (Å²) in [5.41, 5.74) is 1.97. The standard InChI is InChI=1S/C19H24N6OS/c1-3-15-16(27-13(2)21-15)12-20-19(26)24-10-7-14(8-11-24)18-23-22-17-6-4-5-9-25(17)18/h4-6,9,14H,3,7-8,10-12H2,1-2H3,(H,20,26). The number of amides is 2. The van der Waals surface area contributed by atoms with E-state index >= 15 is 0 Å². The summed E-state index contributed by atoms with van der Waals surface area (Å²) < 4.78 is 2.05. The number of hydrogen-bond donors (Lipinski definition) is 1. The molecule has 1 saturated heterocycles. The first kappa shape index (κ1) is 17.9. The third-order valence-electron chi connectivity index (χ3n) is 5.11. The van der Waals surface area contributed by atoms with Crippen molar-refractivity contribution in [1.82, 2.24) is 29.8 Å². The lowest BCUT2D eigenvalue weighted by molar-refractivity contribution is 0.180. The van der Waals surface area contributed by atoms with Crippen LogP contribution >= 0.6 is 11.3 Å². The lowest BCUT2D eigenvalue weighted by Gasteiger charge is -2.31. The number of thiazole rings is 1. The van der Waals surface area contributed by atoms with E-state index in [0.29, 0.717) is 12.5 Å². The molecule has 7 nitrogen and oxygen atoms in total. The molecule has 2 amide bonds. The minimum atomic E-state index is 0.00709. The van der Waals surface area contributed by atoms with Gasteiger partial charge in [0.05, 0.1) is 17.2 Å². The normalized spacial score (nSPS) is 15.4. The number of aromatic nitrogens is 4. The summed E-state index contributed by atoms with van der Waals surface area (Å²) >= 11 is 1.67. The van der Waals surface area contributed by atoms with Gasteiger partial charge < -0.3 is 10.2 Å². The van der Waals surface area contributed by atoms with Gasteiger partial charge in [-0.1, -0.05) is 13.0 Å². The number of carbonyl (C=O) groups is 1. The number of aryl methyl sites for hydroxylation is 2. The Morgan fingerprint density at radius 1 is 1.30 bits per heavy atom. The van der Waals surface area contributed by atoms with Crippen LogP contribution in [-0.2, 0) is 13.0 Å². The first-order chi connectivity index (χ1) is 13.2. The van der Waals surface area contributed by atoms with Gasteiger partial charge in [0.15, 0.2) is 5.65 Å². The third kappa shape index (κ3) is 3.66. The minimum Gasteiger partial charge on any atom is -0.333 e. The molecule has 1 N–H and O–H groups in total. The number of rotatable bonds is 4. The number of nitrogens with zero attached hydrogens (tertiary/aromatic N) is 5. The fourth-order valence-electron chi connectivity index (χ4n) is 3.67. The monoisotopic (exact) mass is 384 g/mol. The molecule has 1 aliphatic rings. The number of likely N-dealkylation sites (tertiary alicyclic amines) is 1. The second-order valence-electron chi connectivity index (χ2n) is 6.86. The predicted molar refractivity (Wildman–Crippen MR) is 105 cm³/mol. The molecule has 1 fully saturated rings. The quantitative estimate of drug-likeness (QED) is 0.750. The van der Waals surface area contributed by atoms with Gasteiger partial charge in [0, 0.05) is 30.1 Å². The van der Waals surface area contributed by atoms with Crippen molar-refractivity contribution >= 4 is 23.0 Å². The molecule has 0 spiro atoms. The molecule has 4 rings (SSSR count). The van der Waals surface area contributed by atoms with E-state index < -0.39 is 0 Å². The first-order valence-electron chi connectivity index (χ1n) is 9.43. The molecule has 0 aromatic carbocycles. The van der Waals surface area contributed by atoms with Crippen LogP contribution in [0.4, 0.5) is 4.79 Å². The smallest absolute Gasteiger partial charge is 0.317 e. The average Bonchev–Trinajstić information content (AvgIpc) is 3.29. The van der Waals surface area contributed by atoms with Crippen molar-refractivity contribution in [1.29, 1.82) is 0 Å². The summed E-state index contributed by atoms with van der Waals surface area (Å²) in [6.07, 6.45) is 4.71. The van der Waals surface area contributed by atoms with Crippen molar-refractivity contribution in [3.8, 4) is 0 Å². The number of urea groups is 1. The van der Waals surface area contributed by atoms with Crippen molar-refractivity contribution in [2.24, 2.45) is 0 Å². The second kappa shape index (κ2) is 7.64. The summed E-state index contributed by atoms with van der Waals surface area (Å²) in [6, 6.07) is 5.93. The van der Waals surface area contributed by atoms with Gasteiger partial charge in [-0.15, -0.1) is 21.5 Å². The van der Waals surface area contributed by atoms with Crippen molar-refractivity contribution in [2.75, 3.05) is 13.1 Å². The Hall–Kier alpha value is -2.48. The Morgan fingerprint density at radius 2 is 2.11 bits per heavy atom. The van der Waals surface area contributed by atoms with Crippen LogP contribution in [0, 0.1) is 6.92 Å². The summed E-state index contributed by atoms with van der Waals surface area (Å²) in [5.74, 6) is 1.33. The molecular formula is C19H24N6OS. The van der Waals surface area contributed by atoms with E-state index in [0.717, 1.165) is 59.4 Å². The molecule has 0 unspecified atom stereocenters. The van der Waals surface area contributed by atoms with Gasteiger partial charge in [-0.2, -0.15) is 0 Å².